The van der Waals surface area contributed by atoms with Crippen LogP contribution in [0.25, 0.3) is 27.7 Å². The molecule has 4 rings (SSSR count). The van der Waals surface area contributed by atoms with Gasteiger partial charge in [0.1, 0.15) is 5.69 Å². The van der Waals surface area contributed by atoms with Gasteiger partial charge in [-0.3, -0.25) is 4.40 Å². The Balaban J connectivity index is 1.98. The fourth-order valence-electron chi connectivity index (χ4n) is 3.17. The van der Waals surface area contributed by atoms with Gasteiger partial charge in [-0.05, 0) is 38.1 Å². The van der Waals surface area contributed by atoms with Crippen molar-refractivity contribution in [1.29, 1.82) is 0 Å². The number of hydrogen-bond donors (Lipinski definition) is 1. The number of furan rings is 1. The summed E-state index contributed by atoms with van der Waals surface area (Å²) in [5.74, 6) is 0.851. The van der Waals surface area contributed by atoms with Gasteiger partial charge in [0.15, 0.2) is 10.7 Å². The van der Waals surface area contributed by atoms with E-state index in [0.717, 1.165) is 34.2 Å². The maximum atomic E-state index is 5.90. The Labute approximate surface area is 144 Å². The maximum Gasteiger partial charge on any atom is 0.195 e. The Kier molecular flexibility index (Phi) is 3.75. The first kappa shape index (κ1) is 15.2. The van der Waals surface area contributed by atoms with Crippen molar-refractivity contribution in [1.82, 2.24) is 9.38 Å². The number of imidazole rings is 1. The van der Waals surface area contributed by atoms with Crippen LogP contribution in [0.15, 0.2) is 46.4 Å². The molecule has 0 bridgehead atoms. The lowest BCUT2D eigenvalue weighted by molar-refractivity contribution is 0.579. The lowest BCUT2D eigenvalue weighted by Crippen LogP contribution is -2.07. The van der Waals surface area contributed by atoms with Crippen molar-refractivity contribution in [3.63, 3.8) is 0 Å². The molecule has 5 heteroatoms. The zero-order chi connectivity index (χ0) is 16.7. The van der Waals surface area contributed by atoms with Crippen molar-refractivity contribution >= 4 is 16.3 Å². The molecule has 0 aliphatic carbocycles. The number of aromatic nitrogens is 2. The van der Waals surface area contributed by atoms with E-state index in [4.69, 9.17) is 15.1 Å². The zero-order valence-corrected chi connectivity index (χ0v) is 14.6. The molecule has 0 fully saturated rings. The predicted octanol–water partition coefficient (Wildman–Crippen LogP) is 4.44. The summed E-state index contributed by atoms with van der Waals surface area (Å²) in [7, 11) is 0. The van der Waals surface area contributed by atoms with Crippen LogP contribution in [0, 0.1) is 13.8 Å². The van der Waals surface area contributed by atoms with Gasteiger partial charge < -0.3 is 10.2 Å². The Morgan fingerprint density at radius 1 is 1.25 bits per heavy atom. The minimum Gasteiger partial charge on any atom is -0.463 e. The average molecular weight is 337 g/mol. The lowest BCUT2D eigenvalue weighted by Gasteiger charge is -2.08. The summed E-state index contributed by atoms with van der Waals surface area (Å²) < 4.78 is 7.79. The molecule has 0 saturated heterocycles. The van der Waals surface area contributed by atoms with Gasteiger partial charge in [0.2, 0.25) is 0 Å². The van der Waals surface area contributed by atoms with E-state index in [2.05, 4.69) is 41.8 Å². The predicted molar refractivity (Wildman–Crippen MR) is 98.4 cm³/mol. The van der Waals surface area contributed by atoms with E-state index in [0.29, 0.717) is 6.54 Å². The number of benzene rings is 1. The third-order valence-corrected chi connectivity index (χ3v) is 5.08. The molecule has 4 aromatic rings. The fraction of sp³-hybridized carbons (Fsp3) is 0.211. The normalized spacial score (nSPS) is 11.5. The third kappa shape index (κ3) is 2.37. The van der Waals surface area contributed by atoms with Crippen LogP contribution in [0.2, 0.25) is 0 Å². The van der Waals surface area contributed by atoms with E-state index in [9.17, 15) is 0 Å². The zero-order valence-electron chi connectivity index (χ0n) is 13.7. The largest absolute Gasteiger partial charge is 0.463 e. The number of nitrogens with zero attached hydrogens (tertiary/aromatic N) is 2. The monoisotopic (exact) mass is 337 g/mol. The van der Waals surface area contributed by atoms with Crippen LogP contribution >= 0.6 is 11.3 Å². The highest BCUT2D eigenvalue weighted by Crippen LogP contribution is 2.34. The second-order valence-electron chi connectivity index (χ2n) is 5.98. The SMILES string of the molecule is Cc1ccc(-c2nc3scc(-c4ccco4)n3c2CCN)c(C)c1. The number of rotatable bonds is 4. The molecule has 2 N–H and O–H groups in total. The average Bonchev–Trinajstić information content (AvgIpc) is 3.25. The summed E-state index contributed by atoms with van der Waals surface area (Å²) in [6.45, 7) is 4.83. The third-order valence-electron chi connectivity index (χ3n) is 4.25. The van der Waals surface area contributed by atoms with Crippen LogP contribution in [-0.4, -0.2) is 15.9 Å². The molecule has 24 heavy (non-hydrogen) atoms. The minimum atomic E-state index is 0.582. The molecule has 3 heterocycles. The van der Waals surface area contributed by atoms with Crippen molar-refractivity contribution in [3.05, 3.63) is 58.8 Å². The van der Waals surface area contributed by atoms with Crippen molar-refractivity contribution in [2.24, 2.45) is 5.73 Å². The Bertz CT molecular complexity index is 995. The van der Waals surface area contributed by atoms with Crippen molar-refractivity contribution in [2.75, 3.05) is 6.54 Å². The second-order valence-corrected chi connectivity index (χ2v) is 6.82. The van der Waals surface area contributed by atoms with Gasteiger partial charge in [-0.1, -0.05) is 23.8 Å². The molecule has 0 saturated carbocycles. The standard InChI is InChI=1S/C19H19N3OS/c1-12-5-6-14(13(2)10-12)18-15(7-8-20)22-16(11-24-19(22)21-18)17-4-3-9-23-17/h3-6,9-11H,7-8,20H2,1-2H3. The van der Waals surface area contributed by atoms with Crippen LogP contribution in [0.5, 0.6) is 0 Å². The summed E-state index contributed by atoms with van der Waals surface area (Å²) >= 11 is 1.63. The Morgan fingerprint density at radius 2 is 2.12 bits per heavy atom. The van der Waals surface area contributed by atoms with Gasteiger partial charge in [0, 0.05) is 17.4 Å². The van der Waals surface area contributed by atoms with Crippen molar-refractivity contribution in [2.45, 2.75) is 20.3 Å². The van der Waals surface area contributed by atoms with Gasteiger partial charge in [-0.15, -0.1) is 11.3 Å². The van der Waals surface area contributed by atoms with E-state index < -0.39 is 0 Å². The Morgan fingerprint density at radius 3 is 2.83 bits per heavy atom. The van der Waals surface area contributed by atoms with Gasteiger partial charge >= 0.3 is 0 Å². The van der Waals surface area contributed by atoms with Crippen LogP contribution in [0.3, 0.4) is 0 Å². The molecule has 0 aliphatic heterocycles. The number of hydrogen-bond acceptors (Lipinski definition) is 4. The van der Waals surface area contributed by atoms with Gasteiger partial charge in [-0.2, -0.15) is 0 Å². The van der Waals surface area contributed by atoms with Gasteiger partial charge in [0.25, 0.3) is 0 Å². The van der Waals surface area contributed by atoms with E-state index in [1.165, 1.54) is 16.7 Å². The number of nitrogens with two attached hydrogens (primary N) is 1. The van der Waals surface area contributed by atoms with Gasteiger partial charge in [-0.25, -0.2) is 4.98 Å². The molecule has 0 amide bonds. The smallest absolute Gasteiger partial charge is 0.195 e. The van der Waals surface area contributed by atoms with Crippen molar-refractivity contribution in [3.8, 4) is 22.7 Å². The summed E-state index contributed by atoms with van der Waals surface area (Å²) in [5, 5.41) is 2.09. The molecule has 0 spiro atoms. The summed E-state index contributed by atoms with van der Waals surface area (Å²) in [5.41, 5.74) is 12.8. The molecule has 0 unspecified atom stereocenters. The van der Waals surface area contributed by atoms with Crippen LogP contribution in [0.1, 0.15) is 16.8 Å². The highest BCUT2D eigenvalue weighted by Gasteiger charge is 2.20. The quantitative estimate of drug-likeness (QED) is 0.599. The summed E-state index contributed by atoms with van der Waals surface area (Å²) in [6, 6.07) is 10.4. The molecule has 0 aliphatic rings. The Hall–Kier alpha value is -2.37. The van der Waals surface area contributed by atoms with Crippen LogP contribution < -0.4 is 5.73 Å². The molecule has 3 aromatic heterocycles. The first-order valence-corrected chi connectivity index (χ1v) is 8.87. The van der Waals surface area contributed by atoms with Crippen LogP contribution in [-0.2, 0) is 6.42 Å². The molecule has 122 valence electrons. The van der Waals surface area contributed by atoms with E-state index in [1.807, 2.05) is 12.1 Å². The van der Waals surface area contributed by atoms with Crippen LogP contribution in [0.4, 0.5) is 0 Å². The minimum absolute atomic E-state index is 0.582. The lowest BCUT2D eigenvalue weighted by atomic mass is 10.0. The molecule has 1 aromatic carbocycles. The first-order valence-electron chi connectivity index (χ1n) is 7.99. The van der Waals surface area contributed by atoms with E-state index in [1.54, 1.807) is 17.6 Å². The van der Waals surface area contributed by atoms with E-state index in [-0.39, 0.29) is 0 Å². The number of thiazole rings is 1. The summed E-state index contributed by atoms with van der Waals surface area (Å²) in [4.78, 5) is 5.88. The topological polar surface area (TPSA) is 56.5 Å². The van der Waals surface area contributed by atoms with Gasteiger partial charge in [0.05, 0.1) is 17.7 Å². The first-order chi connectivity index (χ1) is 11.7. The number of aryl methyl sites for hydroxylation is 2. The fourth-order valence-corrected chi connectivity index (χ4v) is 4.07. The molecular formula is C19H19N3OS. The van der Waals surface area contributed by atoms with Crippen molar-refractivity contribution < 1.29 is 4.42 Å². The molecule has 0 atom stereocenters. The second kappa shape index (κ2) is 5.92. The van der Waals surface area contributed by atoms with E-state index >= 15 is 0 Å². The molecule has 0 radical (unpaired) electrons. The molecular weight excluding hydrogens is 318 g/mol. The maximum absolute atomic E-state index is 5.90. The summed E-state index contributed by atoms with van der Waals surface area (Å²) in [6.07, 6.45) is 2.47. The highest BCUT2D eigenvalue weighted by atomic mass is 32.1. The number of fused-ring (bicyclic) bond motifs is 1. The molecule has 4 nitrogen and oxygen atoms in total. The highest BCUT2D eigenvalue weighted by molar-refractivity contribution is 7.15.